The Hall–Kier alpha value is -3.25. The number of aryl methyl sites for hydroxylation is 1. The Morgan fingerprint density at radius 3 is 2.66 bits per heavy atom. The van der Waals surface area contributed by atoms with E-state index in [1.165, 1.54) is 36.5 Å². The highest BCUT2D eigenvalue weighted by molar-refractivity contribution is 5.82. The number of aromatic nitrogens is 2. The van der Waals surface area contributed by atoms with E-state index in [4.69, 9.17) is 4.74 Å². The molecule has 1 saturated heterocycles. The van der Waals surface area contributed by atoms with Gasteiger partial charge in [0.2, 0.25) is 0 Å². The number of benzene rings is 1. The molecule has 3 aromatic rings. The minimum Gasteiger partial charge on any atom is -0.365 e. The number of halogens is 4. The van der Waals surface area contributed by atoms with Crippen LogP contribution in [0.15, 0.2) is 41.3 Å². The van der Waals surface area contributed by atoms with Crippen molar-refractivity contribution in [3.63, 3.8) is 0 Å². The number of nitrogens with one attached hydrogen (secondary N) is 1. The number of hydrogen-bond acceptors (Lipinski definition) is 4. The molecule has 5 nitrogen and oxygen atoms in total. The summed E-state index contributed by atoms with van der Waals surface area (Å²) in [5, 5.41) is 9.35. The number of aromatic amines is 1. The van der Waals surface area contributed by atoms with Crippen molar-refractivity contribution in [2.24, 2.45) is 0 Å². The Balaban J connectivity index is 1.87. The Morgan fingerprint density at radius 2 is 2.00 bits per heavy atom. The normalized spacial score (nSPS) is 23.8. The van der Waals surface area contributed by atoms with E-state index in [0.717, 1.165) is 6.92 Å². The number of pyridine rings is 2. The lowest BCUT2D eigenvalue weighted by atomic mass is 9.73. The number of nitriles is 1. The van der Waals surface area contributed by atoms with E-state index in [9.17, 15) is 27.6 Å². The average Bonchev–Trinajstić information content (AvgIpc) is 2.72. The van der Waals surface area contributed by atoms with E-state index in [1.807, 2.05) is 6.07 Å². The minimum atomic E-state index is -4.60. The van der Waals surface area contributed by atoms with Crippen LogP contribution in [0.4, 0.5) is 17.6 Å². The van der Waals surface area contributed by atoms with Gasteiger partial charge in [0.25, 0.3) is 0 Å². The number of rotatable bonds is 2. The molecule has 1 fully saturated rings. The highest BCUT2D eigenvalue weighted by Crippen LogP contribution is 2.50. The molecule has 1 aliphatic rings. The first-order chi connectivity index (χ1) is 15.0. The monoisotopic (exact) mass is 445 g/mol. The first kappa shape index (κ1) is 22.0. The molecule has 0 radical (unpaired) electrons. The summed E-state index contributed by atoms with van der Waals surface area (Å²) in [7, 11) is 0. The van der Waals surface area contributed by atoms with Crippen molar-refractivity contribution in [1.82, 2.24) is 9.97 Å². The van der Waals surface area contributed by atoms with E-state index in [0.29, 0.717) is 22.3 Å². The van der Waals surface area contributed by atoms with E-state index in [-0.39, 0.29) is 17.7 Å². The van der Waals surface area contributed by atoms with Crippen molar-refractivity contribution < 1.29 is 22.3 Å². The fourth-order valence-corrected chi connectivity index (χ4v) is 4.40. The maximum absolute atomic E-state index is 13.8. The van der Waals surface area contributed by atoms with Gasteiger partial charge in [-0.1, -0.05) is 6.07 Å². The summed E-state index contributed by atoms with van der Waals surface area (Å²) in [5.74, 6) is -1.80. The molecule has 32 heavy (non-hydrogen) atoms. The third-order valence-electron chi connectivity index (χ3n) is 6.18. The van der Waals surface area contributed by atoms with Gasteiger partial charge in [0, 0.05) is 23.9 Å². The van der Waals surface area contributed by atoms with Crippen molar-refractivity contribution in [3.8, 4) is 6.07 Å². The van der Waals surface area contributed by atoms with Gasteiger partial charge in [0.15, 0.2) is 16.7 Å². The molecule has 9 heteroatoms. The van der Waals surface area contributed by atoms with Gasteiger partial charge < -0.3 is 9.72 Å². The Kier molecular flexibility index (Phi) is 5.29. The van der Waals surface area contributed by atoms with Gasteiger partial charge in [-0.15, -0.1) is 0 Å². The van der Waals surface area contributed by atoms with Gasteiger partial charge in [-0.25, -0.2) is 9.37 Å². The zero-order valence-electron chi connectivity index (χ0n) is 17.3. The van der Waals surface area contributed by atoms with Crippen LogP contribution in [0.25, 0.3) is 10.9 Å². The predicted molar refractivity (Wildman–Crippen MR) is 109 cm³/mol. The molecule has 0 amide bonds. The molecule has 3 heterocycles. The van der Waals surface area contributed by atoms with Crippen LogP contribution in [0.2, 0.25) is 0 Å². The quantitative estimate of drug-likeness (QED) is 0.572. The van der Waals surface area contributed by atoms with Crippen LogP contribution in [0.1, 0.15) is 47.7 Å². The second-order valence-corrected chi connectivity index (χ2v) is 8.24. The molecule has 0 unspecified atom stereocenters. The van der Waals surface area contributed by atoms with Gasteiger partial charge >= 0.3 is 6.18 Å². The number of ether oxygens (including phenoxy) is 1. The minimum absolute atomic E-state index is 0.0363. The maximum atomic E-state index is 13.8. The zero-order chi connectivity index (χ0) is 23.3. The van der Waals surface area contributed by atoms with Gasteiger partial charge in [0.05, 0.1) is 17.5 Å². The standard InChI is InChI=1S/C23H19F4N3O2/c1-12-7-13(24)3-4-14(12)15-9-22(2,23(25,26)27)32-11-16(15)18-8-20(31)21-17(30-18)5-6-29-19(21)10-28/h3-8,15-16H,9,11H2,1-2H3,(H,30,31)/t15-,16+,22+/m0/s1. The van der Waals surface area contributed by atoms with Gasteiger partial charge in [-0.2, -0.15) is 18.4 Å². The molecule has 166 valence electrons. The van der Waals surface area contributed by atoms with E-state index < -0.39 is 41.3 Å². The second-order valence-electron chi connectivity index (χ2n) is 8.24. The van der Waals surface area contributed by atoms with E-state index in [1.54, 1.807) is 6.92 Å². The number of hydrogen-bond donors (Lipinski definition) is 1. The summed E-state index contributed by atoms with van der Waals surface area (Å²) < 4.78 is 60.4. The van der Waals surface area contributed by atoms with Crippen LogP contribution in [0, 0.1) is 24.1 Å². The van der Waals surface area contributed by atoms with Gasteiger partial charge in [-0.05, 0) is 55.5 Å². The van der Waals surface area contributed by atoms with Gasteiger partial charge in [-0.3, -0.25) is 4.79 Å². The molecule has 1 N–H and O–H groups in total. The number of fused-ring (bicyclic) bond motifs is 1. The first-order valence-electron chi connectivity index (χ1n) is 9.93. The highest BCUT2D eigenvalue weighted by Gasteiger charge is 2.57. The molecule has 0 aliphatic carbocycles. The summed E-state index contributed by atoms with van der Waals surface area (Å²) in [6.45, 7) is 2.35. The fraction of sp³-hybridized carbons (Fsp3) is 0.348. The summed E-state index contributed by atoms with van der Waals surface area (Å²) >= 11 is 0. The van der Waals surface area contributed by atoms with Crippen molar-refractivity contribution >= 4 is 10.9 Å². The van der Waals surface area contributed by atoms with Crippen molar-refractivity contribution in [3.05, 3.63) is 75.1 Å². The molecule has 0 spiro atoms. The van der Waals surface area contributed by atoms with E-state index in [2.05, 4.69) is 9.97 Å². The molecule has 2 aromatic heterocycles. The molecular formula is C23H19F4N3O2. The third kappa shape index (κ3) is 3.65. The van der Waals surface area contributed by atoms with Crippen LogP contribution >= 0.6 is 0 Å². The predicted octanol–water partition coefficient (Wildman–Crippen LogP) is 4.85. The fourth-order valence-electron chi connectivity index (χ4n) is 4.40. The highest BCUT2D eigenvalue weighted by atomic mass is 19.4. The lowest BCUT2D eigenvalue weighted by molar-refractivity contribution is -0.286. The largest absolute Gasteiger partial charge is 0.417 e. The van der Waals surface area contributed by atoms with Gasteiger partial charge in [0.1, 0.15) is 11.9 Å². The first-order valence-corrected chi connectivity index (χ1v) is 9.93. The summed E-state index contributed by atoms with van der Waals surface area (Å²) in [5.41, 5.74) is -1.06. The molecule has 3 atom stereocenters. The number of nitrogens with zero attached hydrogens (tertiary/aromatic N) is 2. The molecule has 4 rings (SSSR count). The number of H-pyrrole nitrogens is 1. The molecule has 1 aromatic carbocycles. The topological polar surface area (TPSA) is 78.8 Å². The number of alkyl halides is 3. The molecule has 1 aliphatic heterocycles. The average molecular weight is 445 g/mol. The van der Waals surface area contributed by atoms with Crippen LogP contribution in [-0.2, 0) is 4.74 Å². The molecule has 0 saturated carbocycles. The molecule has 0 bridgehead atoms. The van der Waals surface area contributed by atoms with Crippen molar-refractivity contribution in [2.45, 2.75) is 43.9 Å². The Morgan fingerprint density at radius 1 is 1.25 bits per heavy atom. The smallest absolute Gasteiger partial charge is 0.365 e. The summed E-state index contributed by atoms with van der Waals surface area (Å²) in [6.07, 6.45) is -3.62. The van der Waals surface area contributed by atoms with Crippen LogP contribution in [0.3, 0.4) is 0 Å². The van der Waals surface area contributed by atoms with Crippen LogP contribution < -0.4 is 5.43 Å². The SMILES string of the molecule is Cc1cc(F)ccc1[C@@H]1C[C@](C)(C(F)(F)F)OC[C@H]1c1cc(=O)c2c(C#N)nccc2[nH]1. The second kappa shape index (κ2) is 7.71. The van der Waals surface area contributed by atoms with E-state index >= 15 is 0 Å². The van der Waals surface area contributed by atoms with Crippen LogP contribution in [-0.4, -0.2) is 28.4 Å². The van der Waals surface area contributed by atoms with Crippen molar-refractivity contribution in [2.75, 3.05) is 6.61 Å². The lowest BCUT2D eigenvalue weighted by Gasteiger charge is -2.44. The Labute approximate surface area is 180 Å². The third-order valence-corrected chi connectivity index (χ3v) is 6.18. The lowest BCUT2D eigenvalue weighted by Crippen LogP contribution is -2.51. The van der Waals surface area contributed by atoms with Crippen LogP contribution in [0.5, 0.6) is 0 Å². The Bertz CT molecular complexity index is 1300. The zero-order valence-corrected chi connectivity index (χ0v) is 17.3. The summed E-state index contributed by atoms with van der Waals surface area (Å²) in [4.78, 5) is 19.8. The summed E-state index contributed by atoms with van der Waals surface area (Å²) in [6, 6.07) is 8.66. The maximum Gasteiger partial charge on any atom is 0.417 e. The van der Waals surface area contributed by atoms with Crippen molar-refractivity contribution in [1.29, 1.82) is 5.26 Å². The molecular weight excluding hydrogens is 426 g/mol.